The summed E-state index contributed by atoms with van der Waals surface area (Å²) in [4.78, 5) is 11.8. The highest BCUT2D eigenvalue weighted by molar-refractivity contribution is 5.82. The van der Waals surface area contributed by atoms with Crippen molar-refractivity contribution in [3.05, 3.63) is 35.9 Å². The topological polar surface area (TPSA) is 69.6 Å². The Morgan fingerprint density at radius 3 is 2.72 bits per heavy atom. The molecular weight excluding hydrogens is 230 g/mol. The summed E-state index contributed by atoms with van der Waals surface area (Å²) in [5, 5.41) is 21.2. The normalized spacial score (nSPS) is 25.3. The molecule has 1 saturated carbocycles. The molecular formula is C14H19NO3. The molecule has 2 rings (SSSR count). The minimum atomic E-state index is -1.24. The van der Waals surface area contributed by atoms with Crippen molar-refractivity contribution in [1.82, 2.24) is 5.32 Å². The number of aliphatic hydroxyl groups excluding tert-OH is 1. The molecule has 18 heavy (non-hydrogen) atoms. The van der Waals surface area contributed by atoms with Crippen LogP contribution in [0.1, 0.15) is 24.8 Å². The zero-order valence-electron chi connectivity index (χ0n) is 10.5. The lowest BCUT2D eigenvalue weighted by atomic mass is 10.1. The van der Waals surface area contributed by atoms with Crippen LogP contribution in [0.4, 0.5) is 0 Å². The molecule has 98 valence electrons. The van der Waals surface area contributed by atoms with Crippen molar-refractivity contribution in [3.63, 3.8) is 0 Å². The first kappa shape index (κ1) is 13.1. The molecule has 3 N–H and O–H groups in total. The van der Waals surface area contributed by atoms with Gasteiger partial charge in [-0.05, 0) is 24.8 Å². The Hall–Kier alpha value is -1.39. The van der Waals surface area contributed by atoms with Gasteiger partial charge >= 0.3 is 0 Å². The van der Waals surface area contributed by atoms with Crippen LogP contribution in [0.3, 0.4) is 0 Å². The molecule has 0 aliphatic heterocycles. The lowest BCUT2D eigenvalue weighted by Crippen LogP contribution is -2.43. The molecule has 1 fully saturated rings. The van der Waals surface area contributed by atoms with Gasteiger partial charge in [-0.2, -0.15) is 0 Å². The van der Waals surface area contributed by atoms with E-state index in [2.05, 4.69) is 5.32 Å². The summed E-state index contributed by atoms with van der Waals surface area (Å²) in [6.45, 7) is 1.22. The first-order chi connectivity index (χ1) is 8.53. The highest BCUT2D eigenvalue weighted by atomic mass is 16.3. The van der Waals surface area contributed by atoms with Crippen molar-refractivity contribution in [2.45, 2.75) is 24.9 Å². The van der Waals surface area contributed by atoms with Crippen LogP contribution < -0.4 is 5.32 Å². The smallest absolute Gasteiger partial charge is 0.223 e. The predicted octanol–water partition coefficient (Wildman–Crippen LogP) is 0.650. The number of aliphatic hydroxyl groups is 2. The summed E-state index contributed by atoms with van der Waals surface area (Å²) in [7, 11) is 0. The second-order valence-corrected chi connectivity index (χ2v) is 5.23. The SMILES string of the molecule is CC(O)(CO)CNC(=O)C1CC1c1ccccc1. The van der Waals surface area contributed by atoms with Gasteiger partial charge in [0.25, 0.3) is 0 Å². The van der Waals surface area contributed by atoms with Gasteiger partial charge in [0.15, 0.2) is 0 Å². The Labute approximate surface area is 107 Å². The van der Waals surface area contributed by atoms with Gasteiger partial charge in [-0.1, -0.05) is 30.3 Å². The van der Waals surface area contributed by atoms with E-state index in [0.717, 1.165) is 6.42 Å². The van der Waals surface area contributed by atoms with Crippen LogP contribution in [0.25, 0.3) is 0 Å². The molecule has 0 heterocycles. The molecule has 1 aromatic carbocycles. The molecule has 0 saturated heterocycles. The van der Waals surface area contributed by atoms with Crippen molar-refractivity contribution in [1.29, 1.82) is 0 Å². The number of nitrogens with one attached hydrogen (secondary N) is 1. The maximum absolute atomic E-state index is 11.8. The maximum atomic E-state index is 11.8. The Kier molecular flexibility index (Phi) is 3.68. The second-order valence-electron chi connectivity index (χ2n) is 5.23. The predicted molar refractivity (Wildman–Crippen MR) is 68.0 cm³/mol. The minimum Gasteiger partial charge on any atom is -0.393 e. The fourth-order valence-corrected chi connectivity index (χ4v) is 2.02. The van der Waals surface area contributed by atoms with Gasteiger partial charge in [-0.3, -0.25) is 4.79 Å². The number of carbonyl (C=O) groups is 1. The summed E-state index contributed by atoms with van der Waals surface area (Å²) in [6, 6.07) is 9.96. The Morgan fingerprint density at radius 2 is 2.11 bits per heavy atom. The third kappa shape index (κ3) is 3.09. The van der Waals surface area contributed by atoms with Crippen molar-refractivity contribution in [2.24, 2.45) is 5.92 Å². The zero-order valence-corrected chi connectivity index (χ0v) is 10.5. The molecule has 4 nitrogen and oxygen atoms in total. The fourth-order valence-electron chi connectivity index (χ4n) is 2.02. The first-order valence-electron chi connectivity index (χ1n) is 6.19. The molecule has 3 atom stereocenters. The summed E-state index contributed by atoms with van der Waals surface area (Å²) in [5.74, 6) is 0.254. The van der Waals surface area contributed by atoms with Crippen molar-refractivity contribution < 1.29 is 15.0 Å². The Balaban J connectivity index is 1.83. The van der Waals surface area contributed by atoms with Gasteiger partial charge in [0.1, 0.15) is 5.60 Å². The van der Waals surface area contributed by atoms with Crippen molar-refractivity contribution >= 4 is 5.91 Å². The van der Waals surface area contributed by atoms with Crippen LogP contribution in [0.2, 0.25) is 0 Å². The van der Waals surface area contributed by atoms with Crippen LogP contribution in [0.15, 0.2) is 30.3 Å². The highest BCUT2D eigenvalue weighted by Crippen LogP contribution is 2.47. The van der Waals surface area contributed by atoms with E-state index in [1.54, 1.807) is 0 Å². The molecule has 4 heteroatoms. The van der Waals surface area contributed by atoms with E-state index < -0.39 is 5.60 Å². The van der Waals surface area contributed by atoms with E-state index in [1.165, 1.54) is 12.5 Å². The molecule has 1 amide bonds. The maximum Gasteiger partial charge on any atom is 0.223 e. The van der Waals surface area contributed by atoms with E-state index in [4.69, 9.17) is 5.11 Å². The standard InChI is InChI=1S/C14H19NO3/c1-14(18,9-16)8-15-13(17)12-7-11(12)10-5-3-2-4-6-10/h2-6,11-12,16,18H,7-9H2,1H3,(H,15,17). The van der Waals surface area contributed by atoms with Crippen molar-refractivity contribution in [3.8, 4) is 0 Å². The molecule has 0 radical (unpaired) electrons. The van der Waals surface area contributed by atoms with Crippen molar-refractivity contribution in [2.75, 3.05) is 13.2 Å². The lowest BCUT2D eigenvalue weighted by Gasteiger charge is -2.20. The van der Waals surface area contributed by atoms with Crippen LogP contribution in [-0.4, -0.2) is 34.9 Å². The number of hydrogen-bond acceptors (Lipinski definition) is 3. The van der Waals surface area contributed by atoms with Crippen LogP contribution in [0, 0.1) is 5.92 Å². The number of benzene rings is 1. The average Bonchev–Trinajstić information content (AvgIpc) is 3.17. The number of rotatable bonds is 5. The summed E-state index contributed by atoms with van der Waals surface area (Å²) in [5.41, 5.74) is -0.0566. The molecule has 1 aromatic rings. The van der Waals surface area contributed by atoms with Gasteiger partial charge in [-0.15, -0.1) is 0 Å². The second kappa shape index (κ2) is 5.08. The number of carbonyl (C=O) groups excluding carboxylic acids is 1. The number of hydrogen-bond donors (Lipinski definition) is 3. The quantitative estimate of drug-likeness (QED) is 0.717. The zero-order chi connectivity index (χ0) is 13.2. The van der Waals surface area contributed by atoms with Gasteiger partial charge in [0, 0.05) is 12.5 Å². The largest absolute Gasteiger partial charge is 0.393 e. The molecule has 0 aromatic heterocycles. The minimum absolute atomic E-state index is 0.00175. The third-order valence-electron chi connectivity index (χ3n) is 3.34. The van der Waals surface area contributed by atoms with Gasteiger partial charge in [0.2, 0.25) is 5.91 Å². The molecule has 0 spiro atoms. The lowest BCUT2D eigenvalue weighted by molar-refractivity contribution is -0.123. The molecule has 1 aliphatic carbocycles. The van der Waals surface area contributed by atoms with E-state index in [0.29, 0.717) is 5.92 Å². The van der Waals surface area contributed by atoms with E-state index in [1.807, 2.05) is 30.3 Å². The summed E-state index contributed by atoms with van der Waals surface area (Å²) >= 11 is 0. The van der Waals surface area contributed by atoms with Gasteiger partial charge < -0.3 is 15.5 Å². The molecule has 1 aliphatic rings. The average molecular weight is 249 g/mol. The summed E-state index contributed by atoms with van der Waals surface area (Å²) in [6.07, 6.45) is 0.858. The van der Waals surface area contributed by atoms with Gasteiger partial charge in [0.05, 0.1) is 6.61 Å². The fraction of sp³-hybridized carbons (Fsp3) is 0.500. The Bertz CT molecular complexity index is 416. The molecule has 3 unspecified atom stereocenters. The van der Waals surface area contributed by atoms with E-state index >= 15 is 0 Å². The summed E-state index contributed by atoms with van der Waals surface area (Å²) < 4.78 is 0. The monoisotopic (exact) mass is 249 g/mol. The first-order valence-corrected chi connectivity index (χ1v) is 6.19. The molecule has 0 bridgehead atoms. The van der Waals surface area contributed by atoms with Crippen LogP contribution in [0.5, 0.6) is 0 Å². The Morgan fingerprint density at radius 1 is 1.44 bits per heavy atom. The third-order valence-corrected chi connectivity index (χ3v) is 3.34. The van der Waals surface area contributed by atoms with Gasteiger partial charge in [-0.25, -0.2) is 0 Å². The number of amides is 1. The van der Waals surface area contributed by atoms with Crippen LogP contribution >= 0.6 is 0 Å². The highest BCUT2D eigenvalue weighted by Gasteiger charge is 2.44. The van der Waals surface area contributed by atoms with Crippen LogP contribution in [-0.2, 0) is 4.79 Å². The van der Waals surface area contributed by atoms with E-state index in [-0.39, 0.29) is 25.0 Å². The van der Waals surface area contributed by atoms with E-state index in [9.17, 15) is 9.90 Å².